The molecule has 2 aromatic carbocycles. The molecule has 0 spiro atoms. The van der Waals surface area contributed by atoms with Crippen LogP contribution in [0.4, 0.5) is 11.4 Å². The van der Waals surface area contributed by atoms with Crippen molar-refractivity contribution >= 4 is 23.2 Å². The minimum Gasteiger partial charge on any atom is -0.378 e. The Hall–Kier alpha value is -2.86. The zero-order valence-electron chi connectivity index (χ0n) is 27.7. The highest BCUT2D eigenvalue weighted by Gasteiger charge is 2.13. The molecule has 2 rings (SSSR count). The van der Waals surface area contributed by atoms with Gasteiger partial charge in [0, 0.05) is 24.5 Å². The average Bonchev–Trinajstić information content (AvgIpc) is 2.99. The van der Waals surface area contributed by atoms with Crippen LogP contribution in [0.1, 0.15) is 36.1 Å². The van der Waals surface area contributed by atoms with Gasteiger partial charge in [0.2, 0.25) is 11.8 Å². The maximum atomic E-state index is 12.5. The summed E-state index contributed by atoms with van der Waals surface area (Å²) in [4.78, 5) is 29.1. The minimum atomic E-state index is -0.0189. The number of nitrogens with zero attached hydrogens (tertiary/aromatic N) is 2. The fourth-order valence-electron chi connectivity index (χ4n) is 4.63. The van der Waals surface area contributed by atoms with Gasteiger partial charge in [0.15, 0.2) is 0 Å². The van der Waals surface area contributed by atoms with Gasteiger partial charge >= 0.3 is 0 Å². The Morgan fingerprint density at radius 3 is 1.14 bits per heavy atom. The monoisotopic (exact) mass is 614 g/mol. The first-order valence-electron chi connectivity index (χ1n) is 15.7. The second-order valence-corrected chi connectivity index (χ2v) is 10.8. The van der Waals surface area contributed by atoms with Crippen molar-refractivity contribution in [1.29, 1.82) is 0 Å². The van der Waals surface area contributed by atoms with Crippen LogP contribution in [-0.4, -0.2) is 114 Å². The van der Waals surface area contributed by atoms with Crippen LogP contribution >= 0.6 is 0 Å². The lowest BCUT2D eigenvalue weighted by Gasteiger charge is -2.20. The zero-order valence-corrected chi connectivity index (χ0v) is 27.7. The second kappa shape index (κ2) is 21.8. The molecule has 0 heterocycles. The summed E-state index contributed by atoms with van der Waals surface area (Å²) in [7, 11) is 0. The Morgan fingerprint density at radius 2 is 0.841 bits per heavy atom. The maximum absolute atomic E-state index is 12.5. The Kier molecular flexibility index (Phi) is 18.5. The number of rotatable bonds is 23. The largest absolute Gasteiger partial charge is 0.378 e. The zero-order chi connectivity index (χ0) is 32.2. The molecule has 0 atom stereocenters. The Morgan fingerprint density at radius 1 is 0.545 bits per heavy atom. The van der Waals surface area contributed by atoms with E-state index in [1.165, 1.54) is 0 Å². The van der Waals surface area contributed by atoms with Crippen LogP contribution in [0.3, 0.4) is 0 Å². The predicted molar refractivity (Wildman–Crippen MR) is 177 cm³/mol. The number of nitrogens with one attached hydrogen (secondary N) is 2. The molecule has 0 saturated heterocycles. The van der Waals surface area contributed by atoms with Crippen molar-refractivity contribution in [2.75, 3.05) is 103 Å². The SMILES string of the molecule is CCN(CCOCCOCCOCCOCCN(CC)CC(=O)Nc1c(C)cccc1C)CC(=O)Nc1c(C)cccc1C. The normalized spacial score (nSPS) is 11.4. The van der Waals surface area contributed by atoms with E-state index in [1.807, 2.05) is 77.9 Å². The number of carbonyl (C=O) groups excluding carboxylic acids is 2. The molecule has 10 heteroatoms. The van der Waals surface area contributed by atoms with E-state index in [2.05, 4.69) is 20.4 Å². The molecule has 0 radical (unpaired) electrons. The van der Waals surface area contributed by atoms with Gasteiger partial charge < -0.3 is 29.6 Å². The number of anilines is 2. The van der Waals surface area contributed by atoms with Gasteiger partial charge in [-0.3, -0.25) is 19.4 Å². The van der Waals surface area contributed by atoms with Crippen LogP contribution in [0.2, 0.25) is 0 Å². The number of hydrogen-bond donors (Lipinski definition) is 2. The molecule has 0 aliphatic rings. The van der Waals surface area contributed by atoms with Crippen LogP contribution in [0.25, 0.3) is 0 Å². The lowest BCUT2D eigenvalue weighted by molar-refractivity contribution is -0.118. The smallest absolute Gasteiger partial charge is 0.238 e. The van der Waals surface area contributed by atoms with Gasteiger partial charge in [-0.1, -0.05) is 50.2 Å². The molecular weight excluding hydrogens is 560 g/mol. The number of likely N-dealkylation sites (N-methyl/N-ethyl adjacent to an activating group) is 2. The van der Waals surface area contributed by atoms with Crippen molar-refractivity contribution in [2.45, 2.75) is 41.5 Å². The van der Waals surface area contributed by atoms with E-state index in [9.17, 15) is 9.59 Å². The Balaban J connectivity index is 1.43. The van der Waals surface area contributed by atoms with Crippen LogP contribution in [0.15, 0.2) is 36.4 Å². The first-order chi connectivity index (χ1) is 21.2. The number of benzene rings is 2. The highest BCUT2D eigenvalue weighted by molar-refractivity contribution is 5.94. The van der Waals surface area contributed by atoms with E-state index in [-0.39, 0.29) is 11.8 Å². The molecule has 0 fully saturated rings. The molecule has 0 aliphatic carbocycles. The van der Waals surface area contributed by atoms with Gasteiger partial charge in [-0.25, -0.2) is 0 Å². The third-order valence-electron chi connectivity index (χ3n) is 7.34. The Labute approximate surface area is 264 Å². The summed E-state index contributed by atoms with van der Waals surface area (Å²) in [5, 5.41) is 6.08. The third kappa shape index (κ3) is 14.7. The molecule has 44 heavy (non-hydrogen) atoms. The molecule has 2 aromatic rings. The first kappa shape index (κ1) is 37.3. The van der Waals surface area contributed by atoms with Crippen molar-refractivity contribution in [3.8, 4) is 0 Å². The fraction of sp³-hybridized carbons (Fsp3) is 0.588. The standard InChI is InChI=1S/C34H54N4O6/c1-7-37(25-31(39)35-33-27(3)11-9-12-28(33)4)15-17-41-19-21-43-23-24-44-22-20-42-18-16-38(8-2)26-32(40)36-34-29(5)13-10-14-30(34)6/h9-14H,7-8,15-26H2,1-6H3,(H,35,39)(H,36,40). The summed E-state index contributed by atoms with van der Waals surface area (Å²) in [5.41, 5.74) is 6.03. The van der Waals surface area contributed by atoms with Gasteiger partial charge in [-0.2, -0.15) is 0 Å². The molecule has 0 aromatic heterocycles. The number of para-hydroxylation sites is 2. The molecule has 2 amide bonds. The van der Waals surface area contributed by atoms with Crippen LogP contribution in [-0.2, 0) is 28.5 Å². The highest BCUT2D eigenvalue weighted by atomic mass is 16.6. The van der Waals surface area contributed by atoms with Gasteiger partial charge in [-0.15, -0.1) is 0 Å². The number of ether oxygens (including phenoxy) is 4. The van der Waals surface area contributed by atoms with Crippen molar-refractivity contribution < 1.29 is 28.5 Å². The van der Waals surface area contributed by atoms with Crippen LogP contribution in [0.5, 0.6) is 0 Å². The number of hydrogen-bond acceptors (Lipinski definition) is 8. The third-order valence-corrected chi connectivity index (χ3v) is 7.34. The molecule has 2 N–H and O–H groups in total. The molecular formula is C34H54N4O6. The van der Waals surface area contributed by atoms with Gasteiger partial charge in [-0.05, 0) is 63.0 Å². The molecule has 246 valence electrons. The molecule has 10 nitrogen and oxygen atoms in total. The number of aryl methyl sites for hydroxylation is 4. The van der Waals surface area contributed by atoms with Crippen LogP contribution in [0, 0.1) is 27.7 Å². The average molecular weight is 615 g/mol. The lowest BCUT2D eigenvalue weighted by Crippen LogP contribution is -2.35. The van der Waals surface area contributed by atoms with E-state index >= 15 is 0 Å². The molecule has 0 unspecified atom stereocenters. The van der Waals surface area contributed by atoms with Crippen LogP contribution < -0.4 is 10.6 Å². The summed E-state index contributed by atoms with van der Waals surface area (Å²) in [6.45, 7) is 19.6. The van der Waals surface area contributed by atoms with E-state index in [0.717, 1.165) is 46.7 Å². The summed E-state index contributed by atoms with van der Waals surface area (Å²) in [6, 6.07) is 12.0. The quantitative estimate of drug-likeness (QED) is 0.180. The highest BCUT2D eigenvalue weighted by Crippen LogP contribution is 2.20. The summed E-state index contributed by atoms with van der Waals surface area (Å²) in [6.07, 6.45) is 0. The lowest BCUT2D eigenvalue weighted by atomic mass is 10.1. The molecule has 0 aliphatic heterocycles. The van der Waals surface area contributed by atoms with Crippen molar-refractivity contribution in [2.24, 2.45) is 0 Å². The van der Waals surface area contributed by atoms with E-state index < -0.39 is 0 Å². The van der Waals surface area contributed by atoms with E-state index in [0.29, 0.717) is 79.0 Å². The predicted octanol–water partition coefficient (Wildman–Crippen LogP) is 4.21. The first-order valence-corrected chi connectivity index (χ1v) is 15.7. The van der Waals surface area contributed by atoms with Gasteiger partial charge in [0.1, 0.15) is 0 Å². The molecule has 0 saturated carbocycles. The van der Waals surface area contributed by atoms with Crippen molar-refractivity contribution in [3.63, 3.8) is 0 Å². The van der Waals surface area contributed by atoms with E-state index in [1.54, 1.807) is 0 Å². The summed E-state index contributed by atoms with van der Waals surface area (Å²) in [5.74, 6) is -0.0378. The fourth-order valence-corrected chi connectivity index (χ4v) is 4.63. The number of carbonyl (C=O) groups is 2. The Bertz CT molecular complexity index is 1000. The van der Waals surface area contributed by atoms with Crippen molar-refractivity contribution in [3.05, 3.63) is 58.7 Å². The summed E-state index contributed by atoms with van der Waals surface area (Å²) >= 11 is 0. The summed E-state index contributed by atoms with van der Waals surface area (Å²) < 4.78 is 22.5. The second-order valence-electron chi connectivity index (χ2n) is 10.8. The molecule has 0 bridgehead atoms. The number of amides is 2. The topological polar surface area (TPSA) is 102 Å². The van der Waals surface area contributed by atoms with E-state index in [4.69, 9.17) is 18.9 Å². The van der Waals surface area contributed by atoms with Gasteiger partial charge in [0.25, 0.3) is 0 Å². The van der Waals surface area contributed by atoms with Gasteiger partial charge in [0.05, 0.1) is 65.9 Å². The minimum absolute atomic E-state index is 0.0189. The van der Waals surface area contributed by atoms with Crippen molar-refractivity contribution in [1.82, 2.24) is 9.80 Å². The maximum Gasteiger partial charge on any atom is 0.238 e.